The Kier molecular flexibility index (Phi) is 7.93. The van der Waals surface area contributed by atoms with Crippen LogP contribution in [0.1, 0.15) is 20.8 Å². The quantitative estimate of drug-likeness (QED) is 0.394. The number of aromatic nitrogens is 1. The standard InChI is InChI=1S/C18H27N5O6/c1-8-14(24)19-15-12(11-13(28-7)16(20-15)23(26)27)21(5)9-10-22(6)17(25)29-18(2,3)4/h8,11H,1,9-10H2,2-7H3,(H,19,20,24). The van der Waals surface area contributed by atoms with E-state index in [1.165, 1.54) is 18.1 Å². The molecule has 0 atom stereocenters. The Labute approximate surface area is 169 Å². The first-order chi connectivity index (χ1) is 13.4. The molecule has 0 saturated carbocycles. The predicted molar refractivity (Wildman–Crippen MR) is 108 cm³/mol. The Balaban J connectivity index is 3.09. The van der Waals surface area contributed by atoms with Gasteiger partial charge in [0.05, 0.1) is 7.11 Å². The maximum Gasteiger partial charge on any atom is 0.410 e. The summed E-state index contributed by atoms with van der Waals surface area (Å²) < 4.78 is 10.4. The van der Waals surface area contributed by atoms with Gasteiger partial charge in [-0.1, -0.05) is 6.58 Å². The van der Waals surface area contributed by atoms with Gasteiger partial charge in [0.15, 0.2) is 0 Å². The Morgan fingerprint density at radius 3 is 2.45 bits per heavy atom. The van der Waals surface area contributed by atoms with Crippen LogP contribution in [0.4, 0.5) is 22.1 Å². The number of ether oxygens (including phenoxy) is 2. The number of rotatable bonds is 8. The van der Waals surface area contributed by atoms with Gasteiger partial charge in [0.25, 0.3) is 11.7 Å². The lowest BCUT2D eigenvalue weighted by Gasteiger charge is -2.27. The molecule has 0 saturated heterocycles. The summed E-state index contributed by atoms with van der Waals surface area (Å²) in [6.07, 6.45) is 0.545. The predicted octanol–water partition coefficient (Wildman–Crippen LogP) is 2.43. The van der Waals surface area contributed by atoms with Crippen LogP contribution in [0.25, 0.3) is 0 Å². The van der Waals surface area contributed by atoms with Crippen molar-refractivity contribution in [1.82, 2.24) is 9.88 Å². The van der Waals surface area contributed by atoms with Crippen molar-refractivity contribution in [3.63, 3.8) is 0 Å². The lowest BCUT2D eigenvalue weighted by Crippen LogP contribution is -2.38. The first-order valence-electron chi connectivity index (χ1n) is 8.71. The smallest absolute Gasteiger partial charge is 0.410 e. The molecule has 29 heavy (non-hydrogen) atoms. The number of nitrogens with zero attached hydrogens (tertiary/aromatic N) is 4. The number of methoxy groups -OCH3 is 1. The van der Waals surface area contributed by atoms with Crippen molar-refractivity contribution < 1.29 is 24.0 Å². The third-order valence-corrected chi connectivity index (χ3v) is 3.66. The summed E-state index contributed by atoms with van der Waals surface area (Å²) in [5.41, 5.74) is -0.241. The van der Waals surface area contributed by atoms with Gasteiger partial charge in [-0.15, -0.1) is 0 Å². The van der Waals surface area contributed by atoms with Crippen LogP contribution in [-0.2, 0) is 9.53 Å². The van der Waals surface area contributed by atoms with Gasteiger partial charge >= 0.3 is 11.9 Å². The fraction of sp³-hybridized carbons (Fsp3) is 0.500. The summed E-state index contributed by atoms with van der Waals surface area (Å²) in [7, 11) is 4.57. The van der Waals surface area contributed by atoms with Crippen LogP contribution >= 0.6 is 0 Å². The third-order valence-electron chi connectivity index (χ3n) is 3.66. The van der Waals surface area contributed by atoms with Crippen LogP contribution < -0.4 is 15.0 Å². The van der Waals surface area contributed by atoms with Crippen LogP contribution in [0, 0.1) is 10.1 Å². The number of hydrogen-bond donors (Lipinski definition) is 1. The van der Waals surface area contributed by atoms with Gasteiger partial charge in [-0.2, -0.15) is 0 Å². The Bertz CT molecular complexity index is 790. The molecule has 1 aromatic heterocycles. The highest BCUT2D eigenvalue weighted by atomic mass is 16.6. The molecule has 0 aliphatic heterocycles. The summed E-state index contributed by atoms with van der Waals surface area (Å²) in [5.74, 6) is -1.19. The molecule has 0 unspecified atom stereocenters. The molecular formula is C18H27N5O6. The number of nitro groups is 1. The van der Waals surface area contributed by atoms with Crippen LogP contribution in [0.2, 0.25) is 0 Å². The number of anilines is 2. The Morgan fingerprint density at radius 2 is 1.97 bits per heavy atom. The lowest BCUT2D eigenvalue weighted by atomic mass is 10.2. The molecule has 0 bridgehead atoms. The highest BCUT2D eigenvalue weighted by molar-refractivity contribution is 6.00. The summed E-state index contributed by atoms with van der Waals surface area (Å²) in [4.78, 5) is 41.3. The summed E-state index contributed by atoms with van der Waals surface area (Å²) >= 11 is 0. The highest BCUT2D eigenvalue weighted by Crippen LogP contribution is 2.34. The van der Waals surface area contributed by atoms with Crippen LogP contribution in [0.5, 0.6) is 5.75 Å². The molecule has 1 N–H and O–H groups in total. The van der Waals surface area contributed by atoms with Gasteiger partial charge in [-0.3, -0.25) is 10.1 Å². The molecule has 0 radical (unpaired) electrons. The van der Waals surface area contributed by atoms with Crippen LogP contribution in [0.3, 0.4) is 0 Å². The Morgan fingerprint density at radius 1 is 1.34 bits per heavy atom. The second-order valence-electron chi connectivity index (χ2n) is 7.16. The largest absolute Gasteiger partial charge is 0.489 e. The van der Waals surface area contributed by atoms with E-state index in [4.69, 9.17) is 9.47 Å². The van der Waals surface area contributed by atoms with E-state index in [0.29, 0.717) is 18.8 Å². The maximum atomic E-state index is 12.1. The van der Waals surface area contributed by atoms with E-state index in [1.807, 2.05) is 0 Å². The number of hydrogen-bond acceptors (Lipinski definition) is 8. The maximum absolute atomic E-state index is 12.1. The number of amides is 2. The van der Waals surface area contributed by atoms with Crippen LogP contribution in [-0.4, -0.2) is 66.7 Å². The second-order valence-corrected chi connectivity index (χ2v) is 7.16. The van der Waals surface area contributed by atoms with E-state index in [2.05, 4.69) is 16.9 Å². The van der Waals surface area contributed by atoms with Gasteiger partial charge in [0, 0.05) is 33.3 Å². The summed E-state index contributed by atoms with van der Waals surface area (Å²) in [6.45, 7) is 9.30. The van der Waals surface area contributed by atoms with Crippen molar-refractivity contribution in [2.24, 2.45) is 0 Å². The SMILES string of the molecule is C=CC(=O)Nc1nc([N+](=O)[O-])c(OC)cc1N(C)CCN(C)C(=O)OC(C)(C)C. The van der Waals surface area contributed by atoms with E-state index >= 15 is 0 Å². The van der Waals surface area contributed by atoms with E-state index in [1.54, 1.807) is 39.8 Å². The van der Waals surface area contributed by atoms with Gasteiger partial charge in [0.2, 0.25) is 5.75 Å². The summed E-state index contributed by atoms with van der Waals surface area (Å²) in [6, 6.07) is 1.40. The number of pyridine rings is 1. The normalized spacial score (nSPS) is 10.7. The minimum absolute atomic E-state index is 0.0233. The number of nitrogens with one attached hydrogen (secondary N) is 1. The fourth-order valence-electron chi connectivity index (χ4n) is 2.16. The number of likely N-dealkylation sites (N-methyl/N-ethyl adjacent to an activating group) is 2. The van der Waals surface area contributed by atoms with Crippen molar-refractivity contribution in [3.05, 3.63) is 28.8 Å². The average molecular weight is 409 g/mol. The van der Waals surface area contributed by atoms with E-state index in [9.17, 15) is 19.7 Å². The summed E-state index contributed by atoms with van der Waals surface area (Å²) in [5, 5.41) is 13.7. The van der Waals surface area contributed by atoms with Gasteiger partial charge in [0.1, 0.15) is 11.3 Å². The molecule has 11 heteroatoms. The van der Waals surface area contributed by atoms with Crippen LogP contribution in [0.15, 0.2) is 18.7 Å². The molecule has 0 aliphatic carbocycles. The zero-order valence-corrected chi connectivity index (χ0v) is 17.5. The van der Waals surface area contributed by atoms with Gasteiger partial charge in [-0.05, 0) is 36.8 Å². The second kappa shape index (κ2) is 9.71. The first kappa shape index (κ1) is 23.7. The molecule has 0 aliphatic rings. The molecule has 0 spiro atoms. The van der Waals surface area contributed by atoms with Crippen molar-refractivity contribution in [2.45, 2.75) is 26.4 Å². The lowest BCUT2D eigenvalue weighted by molar-refractivity contribution is -0.390. The van der Waals surface area contributed by atoms with E-state index < -0.39 is 28.3 Å². The molecule has 1 rings (SSSR count). The van der Waals surface area contributed by atoms with Crippen molar-refractivity contribution in [1.29, 1.82) is 0 Å². The fourth-order valence-corrected chi connectivity index (χ4v) is 2.16. The van der Waals surface area contributed by atoms with Crippen molar-refractivity contribution in [2.75, 3.05) is 44.5 Å². The molecule has 1 heterocycles. The third kappa shape index (κ3) is 6.94. The molecule has 160 valence electrons. The molecule has 11 nitrogen and oxygen atoms in total. The molecule has 0 aromatic carbocycles. The number of carbonyl (C=O) groups is 2. The van der Waals surface area contributed by atoms with Crippen molar-refractivity contribution >= 4 is 29.3 Å². The minimum atomic E-state index is -0.706. The topological polar surface area (TPSA) is 127 Å². The minimum Gasteiger partial charge on any atom is -0.489 e. The van der Waals surface area contributed by atoms with Gasteiger partial charge in [-0.25, -0.2) is 4.79 Å². The van der Waals surface area contributed by atoms with Crippen molar-refractivity contribution in [3.8, 4) is 5.75 Å². The Hall–Kier alpha value is -3.37. The average Bonchev–Trinajstić information content (AvgIpc) is 2.63. The number of carbonyl (C=O) groups excluding carboxylic acids is 2. The van der Waals surface area contributed by atoms with Gasteiger partial charge < -0.3 is 29.4 Å². The first-order valence-corrected chi connectivity index (χ1v) is 8.71. The monoisotopic (exact) mass is 409 g/mol. The zero-order valence-electron chi connectivity index (χ0n) is 17.5. The van der Waals surface area contributed by atoms with E-state index in [0.717, 1.165) is 6.08 Å². The molecule has 0 fully saturated rings. The highest BCUT2D eigenvalue weighted by Gasteiger charge is 2.26. The molecule has 1 aromatic rings. The molecular weight excluding hydrogens is 382 g/mol. The van der Waals surface area contributed by atoms with E-state index in [-0.39, 0.29) is 11.6 Å². The molecule has 2 amide bonds. The zero-order chi connectivity index (χ0) is 22.4.